The summed E-state index contributed by atoms with van der Waals surface area (Å²) in [6.45, 7) is 1.77. The van der Waals surface area contributed by atoms with E-state index in [-0.39, 0.29) is 5.69 Å². The van der Waals surface area contributed by atoms with Crippen LogP contribution in [-0.4, -0.2) is 13.5 Å². The molecular weight excluding hydrogens is 331 g/mol. The van der Waals surface area contributed by atoms with Gasteiger partial charge in [-0.05, 0) is 36.7 Å². The molecular formula is C14H10F3N3O2S. The van der Waals surface area contributed by atoms with Gasteiger partial charge in [-0.1, -0.05) is 0 Å². The second-order valence-corrected chi connectivity index (χ2v) is 5.80. The Hall–Kier alpha value is -2.42. The van der Waals surface area contributed by atoms with Crippen molar-refractivity contribution in [3.05, 3.63) is 56.5 Å². The smallest absolute Gasteiger partial charge is 0.292 e. The fourth-order valence-corrected chi connectivity index (χ4v) is 3.09. The van der Waals surface area contributed by atoms with Crippen LogP contribution in [0.5, 0.6) is 0 Å². The van der Waals surface area contributed by atoms with Crippen LogP contribution in [-0.2, 0) is 13.2 Å². The van der Waals surface area contributed by atoms with E-state index in [1.54, 1.807) is 19.1 Å². The molecule has 3 aromatic rings. The lowest BCUT2D eigenvalue weighted by Gasteiger charge is -2.13. The summed E-state index contributed by atoms with van der Waals surface area (Å²) in [4.78, 5) is 24.3. The van der Waals surface area contributed by atoms with Crippen molar-refractivity contribution in [1.29, 1.82) is 0 Å². The van der Waals surface area contributed by atoms with E-state index in [0.717, 1.165) is 22.8 Å². The van der Waals surface area contributed by atoms with E-state index < -0.39 is 23.1 Å². The molecule has 120 valence electrons. The predicted octanol–water partition coefficient (Wildman–Crippen LogP) is 2.47. The van der Waals surface area contributed by atoms with Gasteiger partial charge in [0.1, 0.15) is 5.69 Å². The summed E-state index contributed by atoms with van der Waals surface area (Å²) in [7, 11) is 0.983. The number of halogens is 3. The molecule has 0 atom stereocenters. The molecule has 5 nitrogen and oxygen atoms in total. The molecule has 0 amide bonds. The monoisotopic (exact) mass is 341 g/mol. The Morgan fingerprint density at radius 1 is 1.17 bits per heavy atom. The first-order valence-corrected chi connectivity index (χ1v) is 7.24. The number of hydrogen-bond acceptors (Lipinski definition) is 4. The predicted molar refractivity (Wildman–Crippen MR) is 80.2 cm³/mol. The van der Waals surface area contributed by atoms with E-state index >= 15 is 0 Å². The minimum absolute atomic E-state index is 0.208. The van der Waals surface area contributed by atoms with Gasteiger partial charge in [0.25, 0.3) is 5.56 Å². The minimum Gasteiger partial charge on any atom is -0.292 e. The first-order valence-electron chi connectivity index (χ1n) is 6.47. The van der Waals surface area contributed by atoms with Gasteiger partial charge >= 0.3 is 11.9 Å². The van der Waals surface area contributed by atoms with Gasteiger partial charge in [0.15, 0.2) is 0 Å². The second kappa shape index (κ2) is 5.05. The molecule has 0 spiro atoms. The Labute approximate surface area is 131 Å². The fraction of sp³-hybridized carbons (Fsp3) is 0.214. The van der Waals surface area contributed by atoms with Crippen molar-refractivity contribution < 1.29 is 13.2 Å². The Morgan fingerprint density at radius 3 is 2.52 bits per heavy atom. The summed E-state index contributed by atoms with van der Waals surface area (Å²) in [5.74, 6) is 0. The lowest BCUT2D eigenvalue weighted by molar-refractivity contribution is -0.144. The van der Waals surface area contributed by atoms with Gasteiger partial charge in [0, 0.05) is 18.5 Å². The van der Waals surface area contributed by atoms with Crippen molar-refractivity contribution in [1.82, 2.24) is 13.5 Å². The Balaban J connectivity index is 2.31. The van der Waals surface area contributed by atoms with E-state index in [9.17, 15) is 22.8 Å². The molecule has 0 N–H and O–H groups in total. The highest BCUT2D eigenvalue weighted by molar-refractivity contribution is 7.13. The first kappa shape index (κ1) is 15.5. The quantitative estimate of drug-likeness (QED) is 0.683. The Kier molecular flexibility index (Phi) is 3.40. The van der Waals surface area contributed by atoms with Crippen LogP contribution in [0.2, 0.25) is 0 Å². The lowest BCUT2D eigenvalue weighted by Crippen LogP contribution is -2.40. The molecule has 2 aromatic heterocycles. The van der Waals surface area contributed by atoms with Crippen LogP contribution in [0.15, 0.2) is 33.9 Å². The van der Waals surface area contributed by atoms with E-state index in [1.165, 1.54) is 17.6 Å². The normalized spacial score (nSPS) is 12.0. The zero-order valence-corrected chi connectivity index (χ0v) is 12.8. The first-order chi connectivity index (χ1) is 10.7. The number of fused-ring (bicyclic) bond motifs is 1. The zero-order chi connectivity index (χ0) is 16.9. The molecule has 0 saturated carbocycles. The Morgan fingerprint density at radius 2 is 1.87 bits per heavy atom. The van der Waals surface area contributed by atoms with Gasteiger partial charge in [-0.2, -0.15) is 17.5 Å². The number of nitrogens with zero attached hydrogens (tertiary/aromatic N) is 3. The molecule has 0 aliphatic carbocycles. The van der Waals surface area contributed by atoms with Crippen molar-refractivity contribution in [2.24, 2.45) is 7.05 Å². The van der Waals surface area contributed by atoms with E-state index in [1.807, 2.05) is 0 Å². The van der Waals surface area contributed by atoms with Crippen molar-refractivity contribution in [2.75, 3.05) is 0 Å². The van der Waals surface area contributed by atoms with Crippen LogP contribution in [0.4, 0.5) is 13.2 Å². The lowest BCUT2D eigenvalue weighted by atomic mass is 10.2. The Bertz CT molecular complexity index is 1030. The van der Waals surface area contributed by atoms with Crippen molar-refractivity contribution in [3.8, 4) is 5.69 Å². The highest BCUT2D eigenvalue weighted by Gasteiger charge is 2.35. The number of aromatic nitrogens is 3. The van der Waals surface area contributed by atoms with Crippen LogP contribution in [0.25, 0.3) is 15.8 Å². The topological polar surface area (TPSA) is 56.9 Å². The second-order valence-electron chi connectivity index (χ2n) is 4.99. The summed E-state index contributed by atoms with van der Waals surface area (Å²) < 4.78 is 44.7. The third kappa shape index (κ3) is 2.46. The molecule has 0 fully saturated rings. The average molecular weight is 341 g/mol. The standard InChI is InChI=1S/C14H10F3N3O2S/c1-7-9-5-8(3-4-10(9)23-18-7)20-12(21)6-11(14(15,16)17)19(2)13(20)22/h3-6H,1-2H3. The number of alkyl halides is 3. The van der Waals surface area contributed by atoms with Crippen LogP contribution in [0, 0.1) is 6.92 Å². The molecule has 0 aliphatic heterocycles. The third-order valence-electron chi connectivity index (χ3n) is 3.50. The molecule has 0 saturated heterocycles. The fourth-order valence-electron chi connectivity index (χ4n) is 2.32. The molecule has 1 aromatic carbocycles. The maximum atomic E-state index is 12.8. The molecule has 0 bridgehead atoms. The molecule has 9 heteroatoms. The highest BCUT2D eigenvalue weighted by atomic mass is 32.1. The van der Waals surface area contributed by atoms with Crippen LogP contribution >= 0.6 is 11.5 Å². The van der Waals surface area contributed by atoms with Gasteiger partial charge in [0.05, 0.1) is 16.1 Å². The number of benzene rings is 1. The van der Waals surface area contributed by atoms with E-state index in [4.69, 9.17) is 0 Å². The molecule has 0 radical (unpaired) electrons. The van der Waals surface area contributed by atoms with E-state index in [0.29, 0.717) is 15.2 Å². The summed E-state index contributed by atoms with van der Waals surface area (Å²) >= 11 is 1.27. The summed E-state index contributed by atoms with van der Waals surface area (Å²) in [5, 5.41) is 0.751. The van der Waals surface area contributed by atoms with Crippen molar-refractivity contribution in [2.45, 2.75) is 13.1 Å². The molecule has 23 heavy (non-hydrogen) atoms. The van der Waals surface area contributed by atoms with Crippen molar-refractivity contribution >= 4 is 21.6 Å². The number of aryl methyl sites for hydroxylation is 1. The maximum absolute atomic E-state index is 12.8. The van der Waals surface area contributed by atoms with Crippen molar-refractivity contribution in [3.63, 3.8) is 0 Å². The maximum Gasteiger partial charge on any atom is 0.431 e. The SMILES string of the molecule is Cc1nsc2ccc(-n3c(=O)cc(C(F)(F)F)n(C)c3=O)cc12. The third-order valence-corrected chi connectivity index (χ3v) is 4.42. The minimum atomic E-state index is -4.77. The van der Waals surface area contributed by atoms with Crippen LogP contribution < -0.4 is 11.2 Å². The van der Waals surface area contributed by atoms with Gasteiger partial charge in [-0.15, -0.1) is 0 Å². The molecule has 0 aliphatic rings. The van der Waals surface area contributed by atoms with Gasteiger partial charge in [-0.3, -0.25) is 9.36 Å². The summed E-state index contributed by atoms with van der Waals surface area (Å²) in [5.41, 5.74) is -2.42. The number of rotatable bonds is 1. The molecule has 3 rings (SSSR count). The van der Waals surface area contributed by atoms with Crippen LogP contribution in [0.1, 0.15) is 11.4 Å². The molecule has 2 heterocycles. The molecule has 0 unspecified atom stereocenters. The van der Waals surface area contributed by atoms with Crippen LogP contribution in [0.3, 0.4) is 0 Å². The average Bonchev–Trinajstić information content (AvgIpc) is 2.83. The highest BCUT2D eigenvalue weighted by Crippen LogP contribution is 2.27. The zero-order valence-electron chi connectivity index (χ0n) is 12.0. The van der Waals surface area contributed by atoms with Gasteiger partial charge < -0.3 is 0 Å². The summed E-state index contributed by atoms with van der Waals surface area (Å²) in [6.07, 6.45) is -4.77. The van der Waals surface area contributed by atoms with E-state index in [2.05, 4.69) is 4.37 Å². The number of hydrogen-bond donors (Lipinski definition) is 0. The summed E-state index contributed by atoms with van der Waals surface area (Å²) in [6, 6.07) is 5.18. The van der Waals surface area contributed by atoms with Gasteiger partial charge in [-0.25, -0.2) is 9.36 Å². The largest absolute Gasteiger partial charge is 0.431 e. The van der Waals surface area contributed by atoms with Gasteiger partial charge in [0.2, 0.25) is 0 Å².